The third kappa shape index (κ3) is 17.3. The molecular formula is C40H68O3S. The van der Waals surface area contributed by atoms with E-state index in [2.05, 4.69) is 19.9 Å². The van der Waals surface area contributed by atoms with E-state index in [0.29, 0.717) is 4.90 Å². The molecule has 3 nitrogen and oxygen atoms in total. The van der Waals surface area contributed by atoms with E-state index in [4.69, 9.17) is 4.18 Å². The van der Waals surface area contributed by atoms with E-state index in [9.17, 15) is 8.42 Å². The minimum atomic E-state index is -3.80. The zero-order valence-corrected chi connectivity index (χ0v) is 29.7. The lowest BCUT2D eigenvalue weighted by atomic mass is 10.0. The Morgan fingerprint density at radius 3 is 1.36 bits per heavy atom. The molecule has 0 amide bonds. The number of fused-ring (bicyclic) bond motifs is 1. The van der Waals surface area contributed by atoms with E-state index in [1.807, 2.05) is 30.3 Å². The van der Waals surface area contributed by atoms with E-state index < -0.39 is 10.1 Å². The summed E-state index contributed by atoms with van der Waals surface area (Å²) < 4.78 is 32.6. The monoisotopic (exact) mass is 628 g/mol. The van der Waals surface area contributed by atoms with Crippen molar-refractivity contribution in [1.82, 2.24) is 0 Å². The average Bonchev–Trinajstić information content (AvgIpc) is 3.03. The SMILES string of the molecule is CCCCCCCCCCCCCCCOS(=O)(=O)c1c(CCCCCCCCCCCCCCC)ccc2ccccc12. The van der Waals surface area contributed by atoms with Crippen LogP contribution >= 0.6 is 0 Å². The number of rotatable bonds is 30. The highest BCUT2D eigenvalue weighted by molar-refractivity contribution is 7.87. The molecule has 0 atom stereocenters. The first kappa shape index (κ1) is 38.8. The van der Waals surface area contributed by atoms with Crippen molar-refractivity contribution in [2.24, 2.45) is 0 Å². The minimum Gasteiger partial charge on any atom is -0.266 e. The molecule has 0 spiro atoms. The normalized spacial score (nSPS) is 12.0. The molecule has 2 aromatic rings. The minimum absolute atomic E-state index is 0.279. The highest BCUT2D eigenvalue weighted by atomic mass is 32.2. The smallest absolute Gasteiger partial charge is 0.266 e. The summed E-state index contributed by atoms with van der Waals surface area (Å²) in [5.74, 6) is 0. The van der Waals surface area contributed by atoms with Crippen LogP contribution in [0, 0.1) is 0 Å². The van der Waals surface area contributed by atoms with Crippen LogP contribution in [0.25, 0.3) is 10.8 Å². The first-order valence-electron chi connectivity index (χ1n) is 19.0. The lowest BCUT2D eigenvalue weighted by Crippen LogP contribution is -2.11. The van der Waals surface area contributed by atoms with Gasteiger partial charge < -0.3 is 0 Å². The third-order valence-corrected chi connectivity index (χ3v) is 10.7. The van der Waals surface area contributed by atoms with Crippen LogP contribution in [0.3, 0.4) is 0 Å². The molecule has 0 aromatic heterocycles. The van der Waals surface area contributed by atoms with Crippen LogP contribution in [-0.4, -0.2) is 15.0 Å². The molecule has 0 fully saturated rings. The summed E-state index contributed by atoms with van der Waals surface area (Å²) in [5, 5.41) is 1.76. The highest BCUT2D eigenvalue weighted by Gasteiger charge is 2.22. The maximum atomic E-state index is 13.5. The Morgan fingerprint density at radius 1 is 0.477 bits per heavy atom. The topological polar surface area (TPSA) is 43.4 Å². The molecule has 44 heavy (non-hydrogen) atoms. The predicted octanol–water partition coefficient (Wildman–Crippen LogP) is 13.3. The molecule has 252 valence electrons. The lowest BCUT2D eigenvalue weighted by molar-refractivity contribution is 0.306. The van der Waals surface area contributed by atoms with Crippen LogP contribution in [0.15, 0.2) is 41.3 Å². The molecule has 0 aliphatic heterocycles. The Morgan fingerprint density at radius 2 is 0.886 bits per heavy atom. The molecule has 0 saturated carbocycles. The summed E-state index contributed by atoms with van der Waals surface area (Å²) in [6.45, 7) is 4.83. The van der Waals surface area contributed by atoms with Crippen LogP contribution in [-0.2, 0) is 20.7 Å². The molecule has 4 heteroatoms. The second-order valence-electron chi connectivity index (χ2n) is 13.3. The molecule has 0 saturated heterocycles. The largest absolute Gasteiger partial charge is 0.297 e. The molecular weight excluding hydrogens is 561 g/mol. The summed E-state index contributed by atoms with van der Waals surface area (Å²) in [5.41, 5.74) is 0.914. The Labute approximate surface area is 273 Å². The second-order valence-corrected chi connectivity index (χ2v) is 14.8. The number of aryl methyl sites for hydroxylation is 1. The van der Waals surface area contributed by atoms with Crippen molar-refractivity contribution in [3.8, 4) is 0 Å². The van der Waals surface area contributed by atoms with Crippen molar-refractivity contribution in [3.05, 3.63) is 42.0 Å². The Balaban J connectivity index is 1.67. The van der Waals surface area contributed by atoms with Crippen molar-refractivity contribution < 1.29 is 12.6 Å². The first-order chi connectivity index (χ1) is 21.6. The Hall–Kier alpha value is -1.39. The van der Waals surface area contributed by atoms with Crippen LogP contribution in [0.4, 0.5) is 0 Å². The fourth-order valence-electron chi connectivity index (χ4n) is 6.46. The van der Waals surface area contributed by atoms with E-state index in [1.54, 1.807) is 0 Å². The first-order valence-corrected chi connectivity index (χ1v) is 20.4. The molecule has 2 aromatic carbocycles. The van der Waals surface area contributed by atoms with Crippen molar-refractivity contribution in [2.45, 2.75) is 192 Å². The standard InChI is InChI=1S/C40H68O3S/c1-3-5-7-9-11-13-15-17-19-21-23-25-27-32-38-35-34-37-31-28-29-33-39(37)40(38)44(41,42)43-36-30-26-24-22-20-18-16-14-12-10-8-6-4-2/h28-29,31,33-35H,3-27,30,32,36H2,1-2H3. The maximum absolute atomic E-state index is 13.5. The maximum Gasteiger partial charge on any atom is 0.297 e. The Kier molecular flexibility index (Phi) is 22.7. The molecule has 0 radical (unpaired) electrons. The van der Waals surface area contributed by atoms with Gasteiger partial charge in [-0.1, -0.05) is 204 Å². The zero-order valence-electron chi connectivity index (χ0n) is 28.9. The molecule has 0 heterocycles. The lowest BCUT2D eigenvalue weighted by Gasteiger charge is -2.14. The molecule has 0 aliphatic rings. The zero-order chi connectivity index (χ0) is 31.6. The van der Waals surface area contributed by atoms with Gasteiger partial charge in [0.25, 0.3) is 10.1 Å². The van der Waals surface area contributed by atoms with Crippen molar-refractivity contribution in [3.63, 3.8) is 0 Å². The summed E-state index contributed by atoms with van der Waals surface area (Å²) in [6.07, 6.45) is 34.4. The van der Waals surface area contributed by atoms with E-state index in [-0.39, 0.29) is 6.61 Å². The van der Waals surface area contributed by atoms with Gasteiger partial charge in [-0.15, -0.1) is 0 Å². The van der Waals surface area contributed by atoms with Crippen LogP contribution in [0.5, 0.6) is 0 Å². The summed E-state index contributed by atoms with van der Waals surface area (Å²) >= 11 is 0. The van der Waals surface area contributed by atoms with Crippen molar-refractivity contribution in [2.75, 3.05) is 6.61 Å². The number of hydrogen-bond acceptors (Lipinski definition) is 3. The van der Waals surface area contributed by atoms with Crippen molar-refractivity contribution >= 4 is 20.9 Å². The van der Waals surface area contributed by atoms with Crippen molar-refractivity contribution in [1.29, 1.82) is 0 Å². The highest BCUT2D eigenvalue weighted by Crippen LogP contribution is 2.30. The third-order valence-electron chi connectivity index (χ3n) is 9.25. The van der Waals surface area contributed by atoms with Gasteiger partial charge in [0, 0.05) is 5.39 Å². The van der Waals surface area contributed by atoms with Gasteiger partial charge in [0.2, 0.25) is 0 Å². The molecule has 2 rings (SSSR count). The van der Waals surface area contributed by atoms with E-state index >= 15 is 0 Å². The fourth-order valence-corrected chi connectivity index (χ4v) is 7.86. The summed E-state index contributed by atoms with van der Waals surface area (Å²) in [4.78, 5) is 0.407. The summed E-state index contributed by atoms with van der Waals surface area (Å²) in [6, 6.07) is 11.9. The van der Waals surface area contributed by atoms with Crippen LogP contribution in [0.1, 0.15) is 186 Å². The number of unbranched alkanes of at least 4 members (excludes halogenated alkanes) is 24. The fraction of sp³-hybridized carbons (Fsp3) is 0.750. The molecule has 0 bridgehead atoms. The molecule has 0 N–H and O–H groups in total. The molecule has 0 aliphatic carbocycles. The van der Waals surface area contributed by atoms with E-state index in [1.165, 1.54) is 141 Å². The second kappa shape index (κ2) is 25.8. The van der Waals surface area contributed by atoms with Gasteiger partial charge in [-0.05, 0) is 30.2 Å². The van der Waals surface area contributed by atoms with Gasteiger partial charge in [-0.3, -0.25) is 4.18 Å². The summed E-state index contributed by atoms with van der Waals surface area (Å²) in [7, 11) is -3.80. The van der Waals surface area contributed by atoms with Gasteiger partial charge in [-0.25, -0.2) is 0 Å². The molecule has 0 unspecified atom stereocenters. The van der Waals surface area contributed by atoms with Gasteiger partial charge >= 0.3 is 0 Å². The van der Waals surface area contributed by atoms with Gasteiger partial charge in [0.05, 0.1) is 6.61 Å². The predicted molar refractivity (Wildman–Crippen MR) is 192 cm³/mol. The van der Waals surface area contributed by atoms with Crippen LogP contribution in [0.2, 0.25) is 0 Å². The number of benzene rings is 2. The average molecular weight is 629 g/mol. The quantitative estimate of drug-likeness (QED) is 0.0638. The van der Waals surface area contributed by atoms with Gasteiger partial charge in [-0.2, -0.15) is 8.42 Å². The Bertz CT molecular complexity index is 1060. The van der Waals surface area contributed by atoms with Crippen LogP contribution < -0.4 is 0 Å². The van der Waals surface area contributed by atoms with E-state index in [0.717, 1.165) is 48.4 Å². The van der Waals surface area contributed by atoms with Gasteiger partial charge in [0.15, 0.2) is 0 Å². The van der Waals surface area contributed by atoms with Gasteiger partial charge in [0.1, 0.15) is 4.90 Å². The number of hydrogen-bond donors (Lipinski definition) is 0.